The highest BCUT2D eigenvalue weighted by Crippen LogP contribution is 2.30. The molecule has 0 spiro atoms. The van der Waals surface area contributed by atoms with Crippen molar-refractivity contribution in [2.75, 3.05) is 18.5 Å². The fraction of sp³-hybridized carbons (Fsp3) is 0.300. The first-order chi connectivity index (χ1) is 12.6. The first-order valence-electron chi connectivity index (χ1n) is 8.52. The van der Waals surface area contributed by atoms with Crippen LogP contribution >= 0.6 is 0 Å². The molecule has 1 fully saturated rings. The van der Waals surface area contributed by atoms with E-state index in [1.54, 1.807) is 17.0 Å². The maximum atomic E-state index is 12.4. The SMILES string of the molecule is CC(=O)Nc1ccc(C2OCC(=O)N(Cc3ccccc3)C2CO)cc1. The number of nitrogens with one attached hydrogen (secondary N) is 1. The zero-order valence-corrected chi connectivity index (χ0v) is 14.6. The van der Waals surface area contributed by atoms with Crippen molar-refractivity contribution in [3.8, 4) is 0 Å². The summed E-state index contributed by atoms with van der Waals surface area (Å²) in [5, 5.41) is 12.6. The highest BCUT2D eigenvalue weighted by Gasteiger charge is 2.37. The van der Waals surface area contributed by atoms with Crippen LogP contribution in [-0.2, 0) is 20.9 Å². The van der Waals surface area contributed by atoms with Gasteiger partial charge in [-0.15, -0.1) is 0 Å². The molecule has 26 heavy (non-hydrogen) atoms. The lowest BCUT2D eigenvalue weighted by atomic mass is 9.98. The molecular weight excluding hydrogens is 332 g/mol. The number of rotatable bonds is 5. The van der Waals surface area contributed by atoms with Crippen LogP contribution in [0.1, 0.15) is 24.2 Å². The summed E-state index contributed by atoms with van der Waals surface area (Å²) in [6.07, 6.45) is -0.423. The number of aliphatic hydroxyl groups excluding tert-OH is 1. The third-order valence-corrected chi connectivity index (χ3v) is 4.40. The zero-order chi connectivity index (χ0) is 18.5. The van der Waals surface area contributed by atoms with Crippen molar-refractivity contribution in [2.24, 2.45) is 0 Å². The Kier molecular flexibility index (Phi) is 5.65. The van der Waals surface area contributed by atoms with Gasteiger partial charge in [-0.25, -0.2) is 0 Å². The van der Waals surface area contributed by atoms with Gasteiger partial charge in [-0.2, -0.15) is 0 Å². The van der Waals surface area contributed by atoms with Crippen LogP contribution < -0.4 is 5.32 Å². The standard InChI is InChI=1S/C20H22N2O4/c1-14(24)21-17-9-7-16(8-10-17)20-18(12-23)22(19(25)13-26-20)11-15-5-3-2-4-6-15/h2-10,18,20,23H,11-13H2,1H3,(H,21,24). The van der Waals surface area contributed by atoms with Crippen molar-refractivity contribution in [3.05, 3.63) is 65.7 Å². The molecule has 0 saturated carbocycles. The van der Waals surface area contributed by atoms with Gasteiger partial charge in [0.1, 0.15) is 12.7 Å². The fourth-order valence-corrected chi connectivity index (χ4v) is 3.16. The Morgan fingerprint density at radius 2 is 1.88 bits per heavy atom. The molecule has 2 aromatic rings. The summed E-state index contributed by atoms with van der Waals surface area (Å²) in [4.78, 5) is 25.2. The van der Waals surface area contributed by atoms with Gasteiger partial charge in [-0.05, 0) is 23.3 Å². The van der Waals surface area contributed by atoms with Crippen molar-refractivity contribution in [3.63, 3.8) is 0 Å². The molecule has 2 unspecified atom stereocenters. The van der Waals surface area contributed by atoms with Gasteiger partial charge in [0, 0.05) is 19.2 Å². The number of nitrogens with zero attached hydrogens (tertiary/aromatic N) is 1. The predicted molar refractivity (Wildman–Crippen MR) is 97.3 cm³/mol. The van der Waals surface area contributed by atoms with Crippen LogP contribution in [0.2, 0.25) is 0 Å². The van der Waals surface area contributed by atoms with E-state index in [-0.39, 0.29) is 25.0 Å². The van der Waals surface area contributed by atoms with Crippen LogP contribution in [0.15, 0.2) is 54.6 Å². The molecule has 6 nitrogen and oxygen atoms in total. The summed E-state index contributed by atoms with van der Waals surface area (Å²) in [6, 6.07) is 16.5. The number of amides is 2. The van der Waals surface area contributed by atoms with Gasteiger partial charge in [0.25, 0.3) is 0 Å². The maximum Gasteiger partial charge on any atom is 0.249 e. The number of carbonyl (C=O) groups is 2. The lowest BCUT2D eigenvalue weighted by Gasteiger charge is -2.40. The van der Waals surface area contributed by atoms with E-state index in [1.807, 2.05) is 42.5 Å². The number of carbonyl (C=O) groups excluding carboxylic acids is 2. The molecule has 0 aromatic heterocycles. The second-order valence-electron chi connectivity index (χ2n) is 6.29. The topological polar surface area (TPSA) is 78.9 Å². The largest absolute Gasteiger partial charge is 0.394 e. The van der Waals surface area contributed by atoms with E-state index in [9.17, 15) is 14.7 Å². The molecule has 3 rings (SSSR count). The highest BCUT2D eigenvalue weighted by molar-refractivity contribution is 5.88. The molecule has 2 aromatic carbocycles. The third-order valence-electron chi connectivity index (χ3n) is 4.40. The summed E-state index contributed by atoms with van der Waals surface area (Å²) in [5.74, 6) is -0.279. The summed E-state index contributed by atoms with van der Waals surface area (Å²) >= 11 is 0. The van der Waals surface area contributed by atoms with Gasteiger partial charge >= 0.3 is 0 Å². The number of benzene rings is 2. The van der Waals surface area contributed by atoms with E-state index in [1.165, 1.54) is 6.92 Å². The van der Waals surface area contributed by atoms with Gasteiger partial charge in [-0.1, -0.05) is 42.5 Å². The number of aliphatic hydroxyl groups is 1. The molecular formula is C20H22N2O4. The van der Waals surface area contributed by atoms with Gasteiger partial charge in [0.2, 0.25) is 11.8 Å². The lowest BCUT2D eigenvalue weighted by Crippen LogP contribution is -2.52. The zero-order valence-electron chi connectivity index (χ0n) is 14.6. The number of ether oxygens (including phenoxy) is 1. The molecule has 1 heterocycles. The third kappa shape index (κ3) is 4.09. The Morgan fingerprint density at radius 1 is 1.19 bits per heavy atom. The van der Waals surface area contributed by atoms with E-state index in [4.69, 9.17) is 4.74 Å². The van der Waals surface area contributed by atoms with Crippen LogP contribution in [0.3, 0.4) is 0 Å². The molecule has 136 valence electrons. The Bertz CT molecular complexity index is 761. The first kappa shape index (κ1) is 18.1. The Labute approximate surface area is 152 Å². The summed E-state index contributed by atoms with van der Waals surface area (Å²) in [6.45, 7) is 1.65. The predicted octanol–water partition coefficient (Wildman–Crippen LogP) is 2.11. The molecule has 2 amide bonds. The van der Waals surface area contributed by atoms with Crippen LogP contribution in [0.5, 0.6) is 0 Å². The average molecular weight is 354 g/mol. The number of morpholine rings is 1. The van der Waals surface area contributed by atoms with Crippen molar-refractivity contribution < 1.29 is 19.4 Å². The average Bonchev–Trinajstić information content (AvgIpc) is 2.64. The minimum atomic E-state index is -0.469. The van der Waals surface area contributed by atoms with Crippen molar-refractivity contribution in [1.82, 2.24) is 4.90 Å². The number of hydrogen-bond acceptors (Lipinski definition) is 4. The van der Waals surface area contributed by atoms with Gasteiger partial charge in [0.05, 0.1) is 12.6 Å². The molecule has 0 radical (unpaired) electrons. The van der Waals surface area contributed by atoms with Gasteiger partial charge in [0.15, 0.2) is 0 Å². The van der Waals surface area contributed by atoms with Crippen molar-refractivity contribution in [2.45, 2.75) is 25.6 Å². The number of anilines is 1. The molecule has 1 aliphatic heterocycles. The Balaban J connectivity index is 1.80. The smallest absolute Gasteiger partial charge is 0.249 e. The minimum absolute atomic E-state index is 0.0263. The van der Waals surface area contributed by atoms with E-state index < -0.39 is 12.1 Å². The first-order valence-corrected chi connectivity index (χ1v) is 8.52. The monoisotopic (exact) mass is 354 g/mol. The van der Waals surface area contributed by atoms with Crippen molar-refractivity contribution >= 4 is 17.5 Å². The molecule has 6 heteroatoms. The summed E-state index contributed by atoms with van der Waals surface area (Å²) < 4.78 is 5.73. The normalized spacial score (nSPS) is 20.1. The van der Waals surface area contributed by atoms with E-state index in [0.29, 0.717) is 12.2 Å². The molecule has 0 bridgehead atoms. The lowest BCUT2D eigenvalue weighted by molar-refractivity contribution is -0.162. The quantitative estimate of drug-likeness (QED) is 0.862. The molecule has 2 atom stereocenters. The second-order valence-corrected chi connectivity index (χ2v) is 6.29. The molecule has 1 aliphatic rings. The van der Waals surface area contributed by atoms with Gasteiger partial charge in [-0.3, -0.25) is 9.59 Å². The molecule has 1 saturated heterocycles. The van der Waals surface area contributed by atoms with E-state index in [0.717, 1.165) is 11.1 Å². The molecule has 0 aliphatic carbocycles. The van der Waals surface area contributed by atoms with Crippen LogP contribution in [0.25, 0.3) is 0 Å². The minimum Gasteiger partial charge on any atom is -0.394 e. The van der Waals surface area contributed by atoms with Crippen LogP contribution in [0.4, 0.5) is 5.69 Å². The van der Waals surface area contributed by atoms with Gasteiger partial charge < -0.3 is 20.1 Å². The molecule has 2 N–H and O–H groups in total. The summed E-state index contributed by atoms with van der Waals surface area (Å²) in [5.41, 5.74) is 2.54. The Hall–Kier alpha value is -2.70. The Morgan fingerprint density at radius 3 is 2.50 bits per heavy atom. The van der Waals surface area contributed by atoms with E-state index in [2.05, 4.69) is 5.32 Å². The van der Waals surface area contributed by atoms with Crippen LogP contribution in [-0.4, -0.2) is 41.1 Å². The highest BCUT2D eigenvalue weighted by atomic mass is 16.5. The van der Waals surface area contributed by atoms with E-state index >= 15 is 0 Å². The maximum absolute atomic E-state index is 12.4. The number of hydrogen-bond donors (Lipinski definition) is 2. The van der Waals surface area contributed by atoms with Crippen molar-refractivity contribution in [1.29, 1.82) is 0 Å². The second kappa shape index (κ2) is 8.12. The fourth-order valence-electron chi connectivity index (χ4n) is 3.16. The summed E-state index contributed by atoms with van der Waals surface area (Å²) in [7, 11) is 0. The van der Waals surface area contributed by atoms with Crippen LogP contribution in [0, 0.1) is 0 Å².